The number of hydrogen-bond acceptors (Lipinski definition) is 5. The summed E-state index contributed by atoms with van der Waals surface area (Å²) >= 11 is 0. The molecule has 2 amide bonds. The summed E-state index contributed by atoms with van der Waals surface area (Å²) in [5.74, 6) is 0.287. The first-order valence-corrected chi connectivity index (χ1v) is 14.3. The van der Waals surface area contributed by atoms with Gasteiger partial charge >= 0.3 is 12.2 Å². The van der Waals surface area contributed by atoms with Gasteiger partial charge in [-0.1, -0.05) is 0 Å². The Labute approximate surface area is 219 Å². The second-order valence-electron chi connectivity index (χ2n) is 12.2. The van der Waals surface area contributed by atoms with Gasteiger partial charge in [0.25, 0.3) is 0 Å². The molecule has 3 heterocycles. The van der Waals surface area contributed by atoms with Crippen LogP contribution in [-0.4, -0.2) is 72.5 Å². The number of carbonyl (C=O) groups is 2. The van der Waals surface area contributed by atoms with E-state index in [-0.39, 0.29) is 41.7 Å². The molecule has 7 nitrogen and oxygen atoms in total. The maximum atomic E-state index is 14.4. The van der Waals surface area contributed by atoms with Gasteiger partial charge in [0.1, 0.15) is 11.9 Å². The van der Waals surface area contributed by atoms with Gasteiger partial charge in [0.2, 0.25) is 0 Å². The molecular weight excluding hydrogens is 473 g/mol. The summed E-state index contributed by atoms with van der Waals surface area (Å²) in [6.07, 6.45) is 8.57. The SMILES string of the molecule is CC(C)OC(=O)N1CCCC2CC(N3CCC4(CC3)CN(C(=O)OC3CCC3)c3ccc(F)cc34)CC21. The molecule has 2 aliphatic carbocycles. The highest BCUT2D eigenvalue weighted by Gasteiger charge is 2.50. The molecule has 0 aromatic heterocycles. The monoisotopic (exact) mass is 513 g/mol. The summed E-state index contributed by atoms with van der Waals surface area (Å²) in [6.45, 7) is 7.00. The quantitative estimate of drug-likeness (QED) is 0.537. The minimum atomic E-state index is -0.287. The van der Waals surface area contributed by atoms with Crippen LogP contribution in [0.15, 0.2) is 18.2 Å². The summed E-state index contributed by atoms with van der Waals surface area (Å²) in [4.78, 5) is 32.1. The summed E-state index contributed by atoms with van der Waals surface area (Å²) in [5.41, 5.74) is 1.54. The van der Waals surface area contributed by atoms with E-state index >= 15 is 0 Å². The van der Waals surface area contributed by atoms with Crippen LogP contribution in [0, 0.1) is 11.7 Å². The van der Waals surface area contributed by atoms with E-state index in [2.05, 4.69) is 4.90 Å². The van der Waals surface area contributed by atoms with Crippen molar-refractivity contribution < 1.29 is 23.5 Å². The summed E-state index contributed by atoms with van der Waals surface area (Å²) < 4.78 is 25.7. The first kappa shape index (κ1) is 25.0. The minimum Gasteiger partial charge on any atom is -0.447 e. The third-order valence-electron chi connectivity index (χ3n) is 9.67. The second kappa shape index (κ2) is 9.75. The van der Waals surface area contributed by atoms with Crippen LogP contribution in [-0.2, 0) is 14.9 Å². The molecule has 3 atom stereocenters. The lowest BCUT2D eigenvalue weighted by molar-refractivity contribution is 0.0426. The van der Waals surface area contributed by atoms with Crippen molar-refractivity contribution in [2.24, 2.45) is 5.92 Å². The van der Waals surface area contributed by atoms with Crippen LogP contribution in [0.3, 0.4) is 0 Å². The van der Waals surface area contributed by atoms with Crippen molar-refractivity contribution in [2.45, 2.75) is 101 Å². The molecule has 4 fully saturated rings. The molecule has 37 heavy (non-hydrogen) atoms. The topological polar surface area (TPSA) is 62.3 Å². The average Bonchev–Trinajstić information content (AvgIpc) is 3.41. The zero-order valence-corrected chi connectivity index (χ0v) is 22.2. The van der Waals surface area contributed by atoms with Crippen molar-refractivity contribution in [1.29, 1.82) is 0 Å². The molecule has 2 saturated carbocycles. The van der Waals surface area contributed by atoms with E-state index in [1.165, 1.54) is 12.5 Å². The first-order chi connectivity index (χ1) is 17.8. The van der Waals surface area contributed by atoms with Crippen molar-refractivity contribution in [1.82, 2.24) is 9.80 Å². The molecule has 3 aliphatic heterocycles. The Morgan fingerprint density at radius 1 is 1.03 bits per heavy atom. The van der Waals surface area contributed by atoms with Gasteiger partial charge < -0.3 is 19.3 Å². The van der Waals surface area contributed by atoms with Crippen LogP contribution in [0.2, 0.25) is 0 Å². The fraction of sp³-hybridized carbons (Fsp3) is 0.724. The Hall–Kier alpha value is -2.35. The standard InChI is InChI=1S/C29H40FN3O4/c1-19(2)36-27(34)32-12-4-5-20-15-22(17-26(20)32)31-13-10-29(11-14-31)18-33(28(35)37-23-6-3-7-23)25-9-8-21(30)16-24(25)29/h8-9,16,19-20,22-23,26H,3-7,10-15,17-18H2,1-2H3. The molecule has 1 spiro atoms. The number of likely N-dealkylation sites (tertiary alicyclic amines) is 2. The highest BCUT2D eigenvalue weighted by molar-refractivity contribution is 5.91. The summed E-state index contributed by atoms with van der Waals surface area (Å²) in [6, 6.07) is 5.56. The highest BCUT2D eigenvalue weighted by Crippen LogP contribution is 2.49. The van der Waals surface area contributed by atoms with Crippen molar-refractivity contribution in [3.8, 4) is 0 Å². The Morgan fingerprint density at radius 3 is 2.51 bits per heavy atom. The molecule has 0 N–H and O–H groups in total. The molecule has 8 heteroatoms. The van der Waals surface area contributed by atoms with Crippen molar-refractivity contribution in [3.63, 3.8) is 0 Å². The molecule has 3 unspecified atom stereocenters. The maximum Gasteiger partial charge on any atom is 0.414 e. The Morgan fingerprint density at radius 2 is 1.81 bits per heavy atom. The first-order valence-electron chi connectivity index (χ1n) is 14.3. The predicted octanol–water partition coefficient (Wildman–Crippen LogP) is 5.46. The fourth-order valence-electron chi connectivity index (χ4n) is 7.49. The maximum absolute atomic E-state index is 14.4. The number of rotatable bonds is 3. The van der Waals surface area contributed by atoms with Crippen molar-refractivity contribution >= 4 is 17.9 Å². The Bertz CT molecular complexity index is 1040. The molecule has 202 valence electrons. The number of carbonyl (C=O) groups excluding carboxylic acids is 2. The molecule has 2 saturated heterocycles. The normalized spacial score (nSPS) is 29.2. The van der Waals surface area contributed by atoms with Gasteiger partial charge in [-0.3, -0.25) is 4.90 Å². The van der Waals surface area contributed by atoms with Crippen LogP contribution in [0.4, 0.5) is 19.7 Å². The smallest absolute Gasteiger partial charge is 0.414 e. The lowest BCUT2D eigenvalue weighted by Crippen LogP contribution is -2.49. The van der Waals surface area contributed by atoms with Gasteiger partial charge in [-0.2, -0.15) is 0 Å². The van der Waals surface area contributed by atoms with E-state index in [0.717, 1.165) is 82.3 Å². The number of benzene rings is 1. The van der Waals surface area contributed by atoms with Gasteiger partial charge in [0.05, 0.1) is 11.8 Å². The van der Waals surface area contributed by atoms with E-state index < -0.39 is 0 Å². The van der Waals surface area contributed by atoms with Crippen LogP contribution < -0.4 is 4.90 Å². The molecule has 1 aromatic carbocycles. The number of halogens is 1. The Balaban J connectivity index is 1.13. The predicted molar refractivity (Wildman–Crippen MR) is 138 cm³/mol. The average molecular weight is 514 g/mol. The summed E-state index contributed by atoms with van der Waals surface area (Å²) in [7, 11) is 0. The van der Waals surface area contributed by atoms with Crippen LogP contribution in [0.25, 0.3) is 0 Å². The zero-order valence-electron chi connectivity index (χ0n) is 22.2. The van der Waals surface area contributed by atoms with Crippen LogP contribution in [0.1, 0.15) is 77.2 Å². The third kappa shape index (κ3) is 4.59. The van der Waals surface area contributed by atoms with Gasteiger partial charge in [0, 0.05) is 30.6 Å². The summed E-state index contributed by atoms with van der Waals surface area (Å²) in [5, 5.41) is 0. The van der Waals surface area contributed by atoms with E-state index in [9.17, 15) is 14.0 Å². The number of fused-ring (bicyclic) bond motifs is 3. The second-order valence-corrected chi connectivity index (χ2v) is 12.2. The largest absolute Gasteiger partial charge is 0.447 e. The van der Waals surface area contributed by atoms with Crippen LogP contribution >= 0.6 is 0 Å². The van der Waals surface area contributed by atoms with E-state index in [4.69, 9.17) is 9.47 Å². The molecule has 5 aliphatic rings. The van der Waals surface area contributed by atoms with Crippen LogP contribution in [0.5, 0.6) is 0 Å². The van der Waals surface area contributed by atoms with Crippen molar-refractivity contribution in [3.05, 3.63) is 29.6 Å². The molecule has 0 radical (unpaired) electrons. The van der Waals surface area contributed by atoms with Gasteiger partial charge in [-0.15, -0.1) is 0 Å². The molecular formula is C29H40FN3O4. The number of anilines is 1. The number of amides is 2. The lowest BCUT2D eigenvalue weighted by Gasteiger charge is -2.42. The van der Waals surface area contributed by atoms with Gasteiger partial charge in [-0.05, 0) is 114 Å². The highest BCUT2D eigenvalue weighted by atomic mass is 19.1. The molecule has 6 rings (SSSR count). The third-order valence-corrected chi connectivity index (χ3v) is 9.67. The number of hydrogen-bond donors (Lipinski definition) is 0. The number of piperidine rings is 2. The van der Waals surface area contributed by atoms with E-state index in [1.54, 1.807) is 17.0 Å². The fourth-order valence-corrected chi connectivity index (χ4v) is 7.49. The minimum absolute atomic E-state index is 0.0260. The lowest BCUT2D eigenvalue weighted by atomic mass is 9.74. The number of nitrogens with zero attached hydrogens (tertiary/aromatic N) is 3. The van der Waals surface area contributed by atoms with Gasteiger partial charge in [-0.25, -0.2) is 14.0 Å². The van der Waals surface area contributed by atoms with Crippen molar-refractivity contribution in [2.75, 3.05) is 31.1 Å². The van der Waals surface area contributed by atoms with E-state index in [1.807, 2.05) is 18.7 Å². The molecule has 1 aromatic rings. The molecule has 0 bridgehead atoms. The van der Waals surface area contributed by atoms with E-state index in [0.29, 0.717) is 18.5 Å². The Kier molecular flexibility index (Phi) is 6.58. The van der Waals surface area contributed by atoms with Gasteiger partial charge in [0.15, 0.2) is 0 Å². The number of ether oxygens (including phenoxy) is 2. The zero-order chi connectivity index (χ0) is 25.7.